The monoisotopic (exact) mass is 372 g/mol. The highest BCUT2D eigenvalue weighted by Crippen LogP contribution is 2.33. The van der Waals surface area contributed by atoms with E-state index in [-0.39, 0.29) is 25.5 Å². The van der Waals surface area contributed by atoms with Crippen molar-refractivity contribution in [1.29, 1.82) is 0 Å². The minimum atomic E-state index is -1.05. The number of aliphatic carboxylic acids is 1. The molecule has 1 fully saturated rings. The third-order valence-corrected chi connectivity index (χ3v) is 5.65. The Bertz CT molecular complexity index is 730. The van der Waals surface area contributed by atoms with Crippen LogP contribution in [0.15, 0.2) is 17.5 Å². The fourth-order valence-electron chi connectivity index (χ4n) is 2.22. The molecule has 1 atom stereocenters. The number of ether oxygens (including phenoxy) is 1. The summed E-state index contributed by atoms with van der Waals surface area (Å²) in [5.41, 5.74) is 0.679. The fraction of sp³-hybridized carbons (Fsp3) is 0.357. The topological polar surface area (TPSA) is 79.7 Å². The average Bonchev–Trinajstić information content (AvgIpc) is 3.16. The molecule has 1 amide bonds. The molecule has 3 rings (SSSR count). The van der Waals surface area contributed by atoms with Gasteiger partial charge < -0.3 is 14.7 Å². The first-order valence-electron chi connectivity index (χ1n) is 6.85. The number of nitrogens with zero attached hydrogens (tertiary/aromatic N) is 2. The zero-order valence-electron chi connectivity index (χ0n) is 11.9. The van der Waals surface area contributed by atoms with Gasteiger partial charge in [-0.25, -0.2) is 9.78 Å². The number of carbonyl (C=O) groups excluding carboxylic acids is 1. The lowest BCUT2D eigenvalue weighted by molar-refractivity contribution is -0.159. The Kier molecular flexibility index (Phi) is 4.96. The quantitative estimate of drug-likeness (QED) is 0.891. The minimum Gasteiger partial charge on any atom is -0.479 e. The fourth-order valence-corrected chi connectivity index (χ4v) is 4.16. The molecule has 1 aliphatic rings. The van der Waals surface area contributed by atoms with Crippen LogP contribution < -0.4 is 0 Å². The average molecular weight is 373 g/mol. The lowest BCUT2D eigenvalue weighted by atomic mass is 10.2. The van der Waals surface area contributed by atoms with Gasteiger partial charge in [0.05, 0.1) is 34.5 Å². The number of rotatable bonds is 4. The number of carboxylic acids is 1. The highest BCUT2D eigenvalue weighted by Gasteiger charge is 2.29. The van der Waals surface area contributed by atoms with Gasteiger partial charge in [0.1, 0.15) is 5.01 Å². The van der Waals surface area contributed by atoms with E-state index in [9.17, 15) is 9.59 Å². The van der Waals surface area contributed by atoms with E-state index in [1.54, 1.807) is 0 Å². The van der Waals surface area contributed by atoms with E-state index >= 15 is 0 Å². The molecule has 1 aliphatic heterocycles. The van der Waals surface area contributed by atoms with Crippen LogP contribution in [0.5, 0.6) is 0 Å². The van der Waals surface area contributed by atoms with E-state index in [2.05, 4.69) is 4.98 Å². The van der Waals surface area contributed by atoms with Crippen molar-refractivity contribution in [2.75, 3.05) is 19.7 Å². The molecule has 0 aliphatic carbocycles. The molecule has 0 aromatic carbocycles. The van der Waals surface area contributed by atoms with Gasteiger partial charge in [0.15, 0.2) is 6.10 Å². The van der Waals surface area contributed by atoms with Crippen LogP contribution in [0.1, 0.15) is 5.69 Å². The molecule has 0 saturated carbocycles. The van der Waals surface area contributed by atoms with Crippen LogP contribution >= 0.6 is 34.3 Å². The second kappa shape index (κ2) is 6.96. The van der Waals surface area contributed by atoms with Crippen LogP contribution in [0.25, 0.3) is 9.88 Å². The molecule has 0 spiro atoms. The molecular weight excluding hydrogens is 360 g/mol. The summed E-state index contributed by atoms with van der Waals surface area (Å²) >= 11 is 8.82. The first-order chi connectivity index (χ1) is 11.0. The Hall–Kier alpha value is -1.48. The van der Waals surface area contributed by atoms with Gasteiger partial charge in [0.25, 0.3) is 0 Å². The number of aromatic nitrogens is 1. The number of halogens is 1. The molecular formula is C14H13ClN2O4S2. The highest BCUT2D eigenvalue weighted by atomic mass is 35.5. The molecule has 3 heterocycles. The molecule has 2 aromatic heterocycles. The molecule has 0 radical (unpaired) electrons. The second-order valence-corrected chi connectivity index (χ2v) is 7.54. The summed E-state index contributed by atoms with van der Waals surface area (Å²) in [6.45, 7) is 0.713. The van der Waals surface area contributed by atoms with Crippen molar-refractivity contribution >= 4 is 46.2 Å². The maximum Gasteiger partial charge on any atom is 0.334 e. The molecule has 1 saturated heterocycles. The normalized spacial score (nSPS) is 18.1. The van der Waals surface area contributed by atoms with Crippen LogP contribution in [-0.4, -0.2) is 52.7 Å². The zero-order valence-corrected chi connectivity index (χ0v) is 14.3. The summed E-state index contributed by atoms with van der Waals surface area (Å²) in [5.74, 6) is -1.19. The molecule has 1 N–H and O–H groups in total. The van der Waals surface area contributed by atoms with Gasteiger partial charge in [-0.1, -0.05) is 11.6 Å². The van der Waals surface area contributed by atoms with Crippen LogP contribution in [0, 0.1) is 0 Å². The summed E-state index contributed by atoms with van der Waals surface area (Å²) in [6.07, 6.45) is -0.797. The van der Waals surface area contributed by atoms with Gasteiger partial charge in [0.2, 0.25) is 5.91 Å². The molecule has 0 bridgehead atoms. The van der Waals surface area contributed by atoms with Crippen molar-refractivity contribution in [3.8, 4) is 9.88 Å². The van der Waals surface area contributed by atoms with Crippen LogP contribution in [0.4, 0.5) is 0 Å². The van der Waals surface area contributed by atoms with Crippen molar-refractivity contribution in [1.82, 2.24) is 9.88 Å². The van der Waals surface area contributed by atoms with Gasteiger partial charge in [-0.3, -0.25) is 4.79 Å². The molecule has 2 aromatic rings. The van der Waals surface area contributed by atoms with Crippen LogP contribution in [0.3, 0.4) is 0 Å². The Balaban J connectivity index is 1.64. The standard InChI is InChI=1S/C14H13ClN2O4S2/c15-11-2-1-10(23-11)13-16-8(7-22-13)5-12(18)17-3-4-21-9(6-17)14(19)20/h1-2,7,9H,3-6H2,(H,19,20). The first-order valence-corrected chi connectivity index (χ1v) is 8.92. The summed E-state index contributed by atoms with van der Waals surface area (Å²) in [5, 5.41) is 11.6. The maximum absolute atomic E-state index is 12.3. The van der Waals surface area contributed by atoms with E-state index in [1.807, 2.05) is 17.5 Å². The molecule has 122 valence electrons. The molecule has 9 heteroatoms. The third kappa shape index (κ3) is 3.89. The third-order valence-electron chi connectivity index (χ3n) is 3.36. The summed E-state index contributed by atoms with van der Waals surface area (Å²) in [4.78, 5) is 30.2. The zero-order chi connectivity index (χ0) is 16.4. The van der Waals surface area contributed by atoms with Gasteiger partial charge in [0, 0.05) is 11.9 Å². The largest absolute Gasteiger partial charge is 0.479 e. The van der Waals surface area contributed by atoms with Gasteiger partial charge in [-0.05, 0) is 12.1 Å². The lowest BCUT2D eigenvalue weighted by Crippen LogP contribution is -2.49. The number of thiophene rings is 1. The highest BCUT2D eigenvalue weighted by molar-refractivity contribution is 7.23. The molecule has 6 nitrogen and oxygen atoms in total. The van der Waals surface area contributed by atoms with E-state index in [4.69, 9.17) is 21.4 Å². The smallest absolute Gasteiger partial charge is 0.334 e. The van der Waals surface area contributed by atoms with E-state index in [1.165, 1.54) is 27.6 Å². The summed E-state index contributed by atoms with van der Waals surface area (Å²) < 4.78 is 5.81. The summed E-state index contributed by atoms with van der Waals surface area (Å²) in [6, 6.07) is 3.71. The second-order valence-electron chi connectivity index (χ2n) is 4.96. The first kappa shape index (κ1) is 16.4. The van der Waals surface area contributed by atoms with Crippen LogP contribution in [0.2, 0.25) is 4.34 Å². The predicted octanol–water partition coefficient (Wildman–Crippen LogP) is 2.38. The van der Waals surface area contributed by atoms with Gasteiger partial charge in [-0.2, -0.15) is 0 Å². The number of amides is 1. The Morgan fingerprint density at radius 1 is 1.48 bits per heavy atom. The Morgan fingerprint density at radius 2 is 2.30 bits per heavy atom. The van der Waals surface area contributed by atoms with Crippen molar-refractivity contribution in [3.63, 3.8) is 0 Å². The van der Waals surface area contributed by atoms with E-state index < -0.39 is 12.1 Å². The van der Waals surface area contributed by atoms with Crippen LogP contribution in [-0.2, 0) is 20.7 Å². The maximum atomic E-state index is 12.3. The van der Waals surface area contributed by atoms with Crippen molar-refractivity contribution in [2.24, 2.45) is 0 Å². The van der Waals surface area contributed by atoms with E-state index in [0.717, 1.165) is 9.88 Å². The van der Waals surface area contributed by atoms with Crippen molar-refractivity contribution < 1.29 is 19.4 Å². The predicted molar refractivity (Wildman–Crippen MR) is 88.1 cm³/mol. The minimum absolute atomic E-state index is 0.0751. The van der Waals surface area contributed by atoms with Gasteiger partial charge in [-0.15, -0.1) is 22.7 Å². The summed E-state index contributed by atoms with van der Waals surface area (Å²) in [7, 11) is 0. The Morgan fingerprint density at radius 3 is 3.00 bits per heavy atom. The van der Waals surface area contributed by atoms with Crippen molar-refractivity contribution in [2.45, 2.75) is 12.5 Å². The molecule has 23 heavy (non-hydrogen) atoms. The van der Waals surface area contributed by atoms with Crippen molar-refractivity contribution in [3.05, 3.63) is 27.5 Å². The number of hydrogen-bond donors (Lipinski definition) is 1. The lowest BCUT2D eigenvalue weighted by Gasteiger charge is -2.30. The number of carbonyl (C=O) groups is 2. The number of carboxylic acid groups (broad SMARTS) is 1. The number of morpholine rings is 1. The number of thiazole rings is 1. The van der Waals surface area contributed by atoms with Gasteiger partial charge >= 0.3 is 5.97 Å². The van der Waals surface area contributed by atoms with E-state index in [0.29, 0.717) is 16.6 Å². The molecule has 1 unspecified atom stereocenters. The number of hydrogen-bond acceptors (Lipinski definition) is 6. The SMILES string of the molecule is O=C(O)C1CN(C(=O)Cc2csc(-c3ccc(Cl)s3)n2)CCO1. The Labute approximate surface area is 145 Å².